The lowest BCUT2D eigenvalue weighted by molar-refractivity contribution is -0.111. The van der Waals surface area contributed by atoms with Crippen molar-refractivity contribution in [2.75, 3.05) is 18.4 Å². The van der Waals surface area contributed by atoms with Crippen molar-refractivity contribution < 1.29 is 13.2 Å². The molecule has 1 heterocycles. The minimum atomic E-state index is -3.50. The minimum Gasteiger partial charge on any atom is -0.297 e. The molecule has 0 atom stereocenters. The number of thioether (sulfide) groups is 1. The molecule has 0 aliphatic heterocycles. The number of sulfonamides is 1. The molecule has 3 aromatic rings. The average Bonchev–Trinajstić information content (AvgIpc) is 3.25. The number of aromatic nitrogens is 2. The Labute approximate surface area is 206 Å². The molecule has 174 valence electrons. The Hall–Kier alpha value is -2.24. The second kappa shape index (κ2) is 11.8. The number of benzene rings is 2. The van der Waals surface area contributed by atoms with E-state index in [1.54, 1.807) is 44.2 Å². The van der Waals surface area contributed by atoms with E-state index in [1.807, 2.05) is 24.3 Å². The van der Waals surface area contributed by atoms with Crippen molar-refractivity contribution in [2.24, 2.45) is 0 Å². The number of hydrogen-bond acceptors (Lipinski definition) is 7. The highest BCUT2D eigenvalue weighted by atomic mass is 35.5. The van der Waals surface area contributed by atoms with Crippen molar-refractivity contribution in [1.29, 1.82) is 0 Å². The molecule has 1 N–H and O–H groups in total. The average molecular weight is 523 g/mol. The lowest BCUT2D eigenvalue weighted by Gasteiger charge is -2.18. The summed E-state index contributed by atoms with van der Waals surface area (Å²) in [5, 5.41) is 11.9. The van der Waals surface area contributed by atoms with Gasteiger partial charge in [-0.05, 0) is 41.5 Å². The molecule has 0 aliphatic rings. The van der Waals surface area contributed by atoms with Crippen molar-refractivity contribution in [3.63, 3.8) is 0 Å². The third-order valence-corrected chi connectivity index (χ3v) is 8.92. The number of carbonyl (C=O) groups excluding carboxylic acids is 1. The van der Waals surface area contributed by atoms with Crippen LogP contribution in [0.25, 0.3) is 6.08 Å². The maximum absolute atomic E-state index is 12.5. The van der Waals surface area contributed by atoms with E-state index in [4.69, 9.17) is 11.6 Å². The number of halogens is 1. The fourth-order valence-electron chi connectivity index (χ4n) is 2.83. The van der Waals surface area contributed by atoms with E-state index in [9.17, 15) is 13.2 Å². The van der Waals surface area contributed by atoms with Gasteiger partial charge in [-0.25, -0.2) is 8.42 Å². The minimum absolute atomic E-state index is 0.227. The molecule has 0 spiro atoms. The van der Waals surface area contributed by atoms with E-state index < -0.39 is 10.0 Å². The lowest BCUT2D eigenvalue weighted by Crippen LogP contribution is -2.30. The van der Waals surface area contributed by atoms with Crippen LogP contribution in [-0.4, -0.2) is 41.9 Å². The van der Waals surface area contributed by atoms with Crippen molar-refractivity contribution in [3.05, 3.63) is 70.8 Å². The van der Waals surface area contributed by atoms with Gasteiger partial charge >= 0.3 is 0 Å². The third kappa shape index (κ3) is 7.12. The second-order valence-corrected chi connectivity index (χ2v) is 11.3. The van der Waals surface area contributed by atoms with Crippen LogP contribution in [0.5, 0.6) is 0 Å². The van der Waals surface area contributed by atoms with E-state index in [0.29, 0.717) is 28.8 Å². The van der Waals surface area contributed by atoms with Gasteiger partial charge in [0.05, 0.1) is 4.90 Å². The smallest absolute Gasteiger partial charge is 0.250 e. The Bertz CT molecular complexity index is 1210. The van der Waals surface area contributed by atoms with Crippen LogP contribution in [-0.2, 0) is 20.6 Å². The van der Waals surface area contributed by atoms with E-state index in [1.165, 1.54) is 33.5 Å². The molecule has 0 bridgehead atoms. The maximum Gasteiger partial charge on any atom is 0.250 e. The Morgan fingerprint density at radius 1 is 1.09 bits per heavy atom. The molecule has 1 aromatic heterocycles. The molecule has 7 nitrogen and oxygen atoms in total. The maximum atomic E-state index is 12.5. The molecule has 2 aromatic carbocycles. The zero-order valence-corrected chi connectivity index (χ0v) is 21.3. The fourth-order valence-corrected chi connectivity index (χ4v) is 6.12. The molecular formula is C22H23ClN4O3S3. The second-order valence-electron chi connectivity index (χ2n) is 6.77. The molecule has 0 radical (unpaired) electrons. The molecule has 0 unspecified atom stereocenters. The van der Waals surface area contributed by atoms with Crippen LogP contribution >= 0.6 is 34.7 Å². The molecule has 33 heavy (non-hydrogen) atoms. The van der Waals surface area contributed by atoms with Crippen molar-refractivity contribution in [1.82, 2.24) is 14.5 Å². The predicted molar refractivity (Wildman–Crippen MR) is 135 cm³/mol. The Kier molecular flexibility index (Phi) is 9.04. The van der Waals surface area contributed by atoms with Crippen molar-refractivity contribution >= 4 is 61.8 Å². The number of carbonyl (C=O) groups is 1. The van der Waals surface area contributed by atoms with E-state index >= 15 is 0 Å². The predicted octanol–water partition coefficient (Wildman–Crippen LogP) is 5.17. The number of nitrogens with one attached hydrogen (secondary N) is 1. The number of hydrogen-bond donors (Lipinski definition) is 1. The summed E-state index contributed by atoms with van der Waals surface area (Å²) < 4.78 is 27.2. The topological polar surface area (TPSA) is 92.3 Å². The standard InChI is InChI=1S/C22H23ClN4O3S3/c1-3-27(4-2)33(29,30)19-12-7-16(8-13-19)9-14-20(28)24-21-25-26-22(32-21)31-15-17-5-10-18(23)11-6-17/h5-14H,3-4,15H2,1-2H3,(H,24,25,28). The molecule has 1 amide bonds. The van der Waals surface area contributed by atoms with Crippen molar-refractivity contribution in [2.45, 2.75) is 28.8 Å². The van der Waals surface area contributed by atoms with Crippen LogP contribution in [0.15, 0.2) is 63.8 Å². The fraction of sp³-hybridized carbons (Fsp3) is 0.227. The van der Waals surface area contributed by atoms with Gasteiger partial charge < -0.3 is 0 Å². The van der Waals surface area contributed by atoms with Crippen LogP contribution < -0.4 is 5.32 Å². The highest BCUT2D eigenvalue weighted by Gasteiger charge is 2.20. The summed E-state index contributed by atoms with van der Waals surface area (Å²) in [4.78, 5) is 12.4. The Balaban J connectivity index is 1.54. The zero-order valence-electron chi connectivity index (χ0n) is 18.1. The first kappa shape index (κ1) is 25.4. The molecule has 3 rings (SSSR count). The van der Waals surface area contributed by atoms with Crippen LogP contribution in [0.2, 0.25) is 5.02 Å². The molecule has 0 saturated heterocycles. The van der Waals surface area contributed by atoms with E-state index in [2.05, 4.69) is 15.5 Å². The molecule has 0 fully saturated rings. The first-order valence-corrected chi connectivity index (χ1v) is 13.7. The Morgan fingerprint density at radius 3 is 2.39 bits per heavy atom. The van der Waals surface area contributed by atoms with Gasteiger partial charge in [0.15, 0.2) is 4.34 Å². The van der Waals surface area contributed by atoms with Crippen molar-refractivity contribution in [3.8, 4) is 0 Å². The summed E-state index contributed by atoms with van der Waals surface area (Å²) in [5.74, 6) is 0.375. The van der Waals surface area contributed by atoms with Gasteiger partial charge in [-0.15, -0.1) is 10.2 Å². The molecule has 11 heteroatoms. The normalized spacial score (nSPS) is 11.9. The van der Waals surface area contributed by atoms with Gasteiger partial charge in [0, 0.05) is 29.9 Å². The van der Waals surface area contributed by atoms with E-state index in [-0.39, 0.29) is 10.8 Å². The van der Waals surface area contributed by atoms with Gasteiger partial charge in [-0.1, -0.05) is 72.8 Å². The van der Waals surface area contributed by atoms with Gasteiger partial charge in [-0.2, -0.15) is 4.31 Å². The van der Waals surface area contributed by atoms with Gasteiger partial charge in [-0.3, -0.25) is 10.1 Å². The summed E-state index contributed by atoms with van der Waals surface area (Å²) >= 11 is 8.71. The third-order valence-electron chi connectivity index (χ3n) is 4.56. The molecule has 0 aliphatic carbocycles. The van der Waals surface area contributed by atoms with Gasteiger partial charge in [0.1, 0.15) is 0 Å². The van der Waals surface area contributed by atoms with Gasteiger partial charge in [0.25, 0.3) is 0 Å². The van der Waals surface area contributed by atoms with Crippen LogP contribution in [0, 0.1) is 0 Å². The van der Waals surface area contributed by atoms with Crippen LogP contribution in [0.4, 0.5) is 5.13 Å². The highest BCUT2D eigenvalue weighted by Crippen LogP contribution is 2.28. The lowest BCUT2D eigenvalue weighted by atomic mass is 10.2. The number of anilines is 1. The largest absolute Gasteiger partial charge is 0.297 e. The SMILES string of the molecule is CCN(CC)S(=O)(=O)c1ccc(C=CC(=O)Nc2nnc(SCc3ccc(Cl)cc3)s2)cc1. The quantitative estimate of drug-likeness (QED) is 0.224. The molecule has 0 saturated carbocycles. The summed E-state index contributed by atoms with van der Waals surface area (Å²) in [6.07, 6.45) is 2.98. The number of nitrogens with zero attached hydrogens (tertiary/aromatic N) is 3. The van der Waals surface area contributed by atoms with E-state index in [0.717, 1.165) is 15.7 Å². The Morgan fingerprint density at radius 2 is 1.76 bits per heavy atom. The summed E-state index contributed by atoms with van der Waals surface area (Å²) in [5.41, 5.74) is 1.82. The number of amides is 1. The number of rotatable bonds is 10. The monoisotopic (exact) mass is 522 g/mol. The summed E-state index contributed by atoms with van der Waals surface area (Å²) in [6, 6.07) is 14.0. The molecular weight excluding hydrogens is 500 g/mol. The summed E-state index contributed by atoms with van der Waals surface area (Å²) in [7, 11) is -3.50. The van der Waals surface area contributed by atoms with Crippen LogP contribution in [0.3, 0.4) is 0 Å². The van der Waals surface area contributed by atoms with Crippen LogP contribution in [0.1, 0.15) is 25.0 Å². The first-order chi connectivity index (χ1) is 15.8. The summed E-state index contributed by atoms with van der Waals surface area (Å²) in [6.45, 7) is 4.42. The zero-order chi connectivity index (χ0) is 23.8. The first-order valence-electron chi connectivity index (χ1n) is 10.1. The van der Waals surface area contributed by atoms with Gasteiger partial charge in [0.2, 0.25) is 21.1 Å². The highest BCUT2D eigenvalue weighted by molar-refractivity contribution is 8.00.